The van der Waals surface area contributed by atoms with Crippen LogP contribution in [0.5, 0.6) is 0 Å². The highest BCUT2D eigenvalue weighted by Crippen LogP contribution is 2.34. The first-order valence-electron chi connectivity index (χ1n) is 20.9. The molecule has 14 nitrogen and oxygen atoms in total. The Morgan fingerprint density at radius 2 is 1.23 bits per heavy atom. The van der Waals surface area contributed by atoms with E-state index in [2.05, 4.69) is 44.7 Å². The summed E-state index contributed by atoms with van der Waals surface area (Å²) in [7, 11) is -1.56. The van der Waals surface area contributed by atoms with E-state index in [4.69, 9.17) is 5.14 Å². The van der Waals surface area contributed by atoms with Gasteiger partial charge in [0.25, 0.3) is 10.2 Å². The van der Waals surface area contributed by atoms with E-state index in [1.807, 2.05) is 105 Å². The number of amides is 4. The first-order chi connectivity index (χ1) is 28.5. The van der Waals surface area contributed by atoms with Crippen molar-refractivity contribution < 1.29 is 31.2 Å². The van der Waals surface area contributed by atoms with Gasteiger partial charge in [-0.1, -0.05) is 104 Å². The highest BCUT2D eigenvalue weighted by molar-refractivity contribution is 7.86. The van der Waals surface area contributed by atoms with Crippen molar-refractivity contribution in [2.75, 3.05) is 56.9 Å². The number of hydrogen-bond acceptors (Lipinski definition) is 8. The Morgan fingerprint density at radius 3 is 1.66 bits per heavy atom. The fourth-order valence-corrected chi connectivity index (χ4v) is 9.16. The number of nitrogens with zero attached hydrogens (tertiary/aromatic N) is 4. The smallest absolute Gasteiger partial charge is 0.330 e. The van der Waals surface area contributed by atoms with Crippen molar-refractivity contribution in [3.05, 3.63) is 94.3 Å². The number of halogens is 1. The van der Waals surface area contributed by atoms with E-state index in [0.29, 0.717) is 18.8 Å². The van der Waals surface area contributed by atoms with Gasteiger partial charge in [-0.3, -0.25) is 13.8 Å². The van der Waals surface area contributed by atoms with Crippen LogP contribution in [-0.2, 0) is 28.0 Å². The van der Waals surface area contributed by atoms with Crippen LogP contribution in [0.1, 0.15) is 121 Å². The van der Waals surface area contributed by atoms with Gasteiger partial charge in [0.1, 0.15) is 5.82 Å². The highest BCUT2D eigenvalue weighted by atomic mass is 32.2. The van der Waals surface area contributed by atoms with Gasteiger partial charge in [0, 0.05) is 80.5 Å². The van der Waals surface area contributed by atoms with Gasteiger partial charge in [0.2, 0.25) is 0 Å². The minimum absolute atomic E-state index is 0.0382. The summed E-state index contributed by atoms with van der Waals surface area (Å²) < 4.78 is 60.6. The number of para-hydroxylation sites is 1. The van der Waals surface area contributed by atoms with Gasteiger partial charge in [-0.15, -0.1) is 0 Å². The summed E-state index contributed by atoms with van der Waals surface area (Å²) in [5.74, 6) is 0.464. The number of urea groups is 2. The molecular formula is C44H68FN8O6S2-. The average molecular weight is 888 g/mol. The van der Waals surface area contributed by atoms with Crippen LogP contribution < -0.4 is 20.5 Å². The molecule has 3 atom stereocenters. The molecule has 0 aromatic heterocycles. The molecule has 61 heavy (non-hydrogen) atoms. The molecule has 0 radical (unpaired) electrons. The molecule has 2 heterocycles. The molecule has 3 unspecified atom stereocenters. The monoisotopic (exact) mass is 887 g/mol. The number of carbonyl (C=O) groups is 2. The lowest BCUT2D eigenvalue weighted by molar-refractivity contribution is 0.123. The Morgan fingerprint density at radius 1 is 0.770 bits per heavy atom. The summed E-state index contributed by atoms with van der Waals surface area (Å²) in [5.41, 5.74) is 6.43. The zero-order valence-electron chi connectivity index (χ0n) is 37.7. The maximum atomic E-state index is 14.1. The first kappa shape index (κ1) is 51.4. The van der Waals surface area contributed by atoms with Gasteiger partial charge in [-0.2, -0.15) is 12.7 Å². The van der Waals surface area contributed by atoms with Crippen molar-refractivity contribution in [1.29, 1.82) is 0 Å². The number of likely N-dealkylation sites (N-methyl/N-ethyl adjacent to an activating group) is 1. The average Bonchev–Trinajstić information content (AvgIpc) is 3.15. The van der Waals surface area contributed by atoms with Crippen molar-refractivity contribution in [3.63, 3.8) is 0 Å². The van der Waals surface area contributed by atoms with E-state index in [1.165, 1.54) is 9.87 Å². The molecule has 2 aliphatic heterocycles. The number of benzene rings is 3. The standard InChI is InChI=1S/C24H32FN3O.C13H20N2O3S.C7H17N3O2S/c1-17(2)21-14-20(25)15-22(18(3)4)23(21)26-24(29)28-12-10-27(11-13-28)16-19-8-6-5-7-9-19;1-8(2)10-6-5-7-11(9(3)4)12(10)14-13(16)15-19(17)18;1-6-4-9(3)5-7(2)10(6)13(8,11)12/h5-9,14-15,17-18H,10-13,16H2,1-4H3,(H,26,29);5-9H,1-4H3,(H,17,18)(H2,14,15,16);6-7H,4-5H2,1-3H3,(H2,8,11,12)/p-1. The third-order valence-corrected chi connectivity index (χ3v) is 12.3. The van der Waals surface area contributed by atoms with Crippen LogP contribution >= 0.6 is 0 Å². The lowest BCUT2D eigenvalue weighted by Crippen LogP contribution is -2.59. The normalized spacial score (nSPS) is 18.3. The molecule has 2 fully saturated rings. The molecule has 17 heteroatoms. The van der Waals surface area contributed by atoms with Gasteiger partial charge in [-0.05, 0) is 84.5 Å². The zero-order chi connectivity index (χ0) is 45.8. The van der Waals surface area contributed by atoms with E-state index in [-0.39, 0.29) is 47.6 Å². The predicted molar refractivity (Wildman–Crippen MR) is 244 cm³/mol. The van der Waals surface area contributed by atoms with Crippen molar-refractivity contribution >= 4 is 44.9 Å². The van der Waals surface area contributed by atoms with Gasteiger partial charge in [0.15, 0.2) is 0 Å². The number of nitrogens with two attached hydrogens (primary N) is 1. The maximum Gasteiger partial charge on any atom is 0.330 e. The van der Waals surface area contributed by atoms with Crippen molar-refractivity contribution in [3.8, 4) is 0 Å². The van der Waals surface area contributed by atoms with E-state index in [1.54, 1.807) is 16.9 Å². The number of nitrogens with one attached hydrogen (secondary N) is 3. The van der Waals surface area contributed by atoms with Crippen LogP contribution in [0.3, 0.4) is 0 Å². The Hall–Kier alpha value is -3.97. The predicted octanol–water partition coefficient (Wildman–Crippen LogP) is 7.49. The topological polar surface area (TPSA) is 183 Å². The molecule has 5 rings (SSSR count). The Balaban J connectivity index is 0.000000266. The van der Waals surface area contributed by atoms with Crippen LogP contribution in [0.4, 0.5) is 25.4 Å². The number of rotatable bonds is 10. The van der Waals surface area contributed by atoms with Crippen LogP contribution in [0.15, 0.2) is 60.7 Å². The molecule has 4 amide bonds. The molecule has 5 N–H and O–H groups in total. The van der Waals surface area contributed by atoms with E-state index in [0.717, 1.165) is 60.7 Å². The van der Waals surface area contributed by atoms with Gasteiger partial charge in [-0.25, -0.2) is 19.1 Å². The molecule has 2 saturated heterocycles. The summed E-state index contributed by atoms with van der Waals surface area (Å²) in [5, 5.41) is 10.9. The summed E-state index contributed by atoms with van der Waals surface area (Å²) in [6, 6.07) is 18.4. The summed E-state index contributed by atoms with van der Waals surface area (Å²) >= 11 is -2.62. The van der Waals surface area contributed by atoms with Crippen molar-refractivity contribution in [2.24, 2.45) is 5.14 Å². The third-order valence-electron chi connectivity index (χ3n) is 10.7. The maximum absolute atomic E-state index is 14.1. The number of carbonyl (C=O) groups excluding carboxylic acids is 2. The minimum atomic E-state index is -3.54. The lowest BCUT2D eigenvalue weighted by Gasteiger charge is -2.40. The van der Waals surface area contributed by atoms with E-state index >= 15 is 0 Å². The first-order valence-corrected chi connectivity index (χ1v) is 23.5. The number of hydrogen-bond donors (Lipinski definition) is 4. The second-order valence-electron chi connectivity index (χ2n) is 17.2. The molecular weight excluding hydrogens is 820 g/mol. The molecule has 340 valence electrons. The van der Waals surface area contributed by atoms with Crippen LogP contribution in [0.25, 0.3) is 0 Å². The Labute approximate surface area is 366 Å². The third kappa shape index (κ3) is 15.7. The van der Waals surface area contributed by atoms with Crippen LogP contribution in [0, 0.1) is 5.82 Å². The van der Waals surface area contributed by atoms with Crippen molar-refractivity contribution in [1.82, 2.24) is 23.7 Å². The summed E-state index contributed by atoms with van der Waals surface area (Å²) in [6.07, 6.45) is 0. The van der Waals surface area contributed by atoms with Crippen molar-refractivity contribution in [2.45, 2.75) is 112 Å². The number of anilines is 2. The molecule has 3 aromatic carbocycles. The van der Waals surface area contributed by atoms with E-state index < -0.39 is 27.5 Å². The van der Waals surface area contributed by atoms with E-state index in [9.17, 15) is 31.2 Å². The van der Waals surface area contributed by atoms with Gasteiger partial charge < -0.3 is 25.0 Å². The fraction of sp³-hybridized carbons (Fsp3) is 0.545. The summed E-state index contributed by atoms with van der Waals surface area (Å²) in [6.45, 7) is 25.4. The second kappa shape index (κ2) is 23.5. The van der Waals surface area contributed by atoms with Crippen LogP contribution in [-0.4, -0.2) is 107 Å². The molecule has 3 aromatic rings. The highest BCUT2D eigenvalue weighted by Gasteiger charge is 2.34. The Bertz CT molecular complexity index is 1960. The summed E-state index contributed by atoms with van der Waals surface area (Å²) in [4.78, 5) is 30.9. The minimum Gasteiger partial charge on any atom is -0.755 e. The van der Waals surface area contributed by atoms with Gasteiger partial charge >= 0.3 is 12.1 Å². The Kier molecular flexibility index (Phi) is 19.8. The largest absolute Gasteiger partial charge is 0.755 e. The SMILES string of the molecule is CC(C)c1cc(F)cc(C(C)C)c1NC(=O)N1CCN(Cc2ccccc2)CC1.CC(C)c1cccc(C(C)C)c1NC(=O)NS(=O)[O-].CC1CN(C)CC(C)N1S(N)(=O)=O. The van der Waals surface area contributed by atoms with Gasteiger partial charge in [0.05, 0.1) is 0 Å². The quantitative estimate of drug-likeness (QED) is 0.151. The molecule has 0 aliphatic carbocycles. The fourth-order valence-electron chi connectivity index (χ4n) is 7.83. The molecule has 0 spiro atoms. The zero-order valence-corrected chi connectivity index (χ0v) is 39.3. The number of piperazine rings is 2. The molecule has 2 aliphatic rings. The van der Waals surface area contributed by atoms with Crippen LogP contribution in [0.2, 0.25) is 0 Å². The lowest BCUT2D eigenvalue weighted by atomic mass is 9.92. The molecule has 0 bridgehead atoms. The second-order valence-corrected chi connectivity index (χ2v) is 19.3. The molecule has 0 saturated carbocycles.